The van der Waals surface area contributed by atoms with Gasteiger partial charge in [0.05, 0.1) is 18.8 Å². The summed E-state index contributed by atoms with van der Waals surface area (Å²) in [6.07, 6.45) is -4.26. The van der Waals surface area contributed by atoms with E-state index in [0.29, 0.717) is 19.8 Å². The number of carbonyl (C=O) groups is 1. The highest BCUT2D eigenvalue weighted by Gasteiger charge is 2.36. The van der Waals surface area contributed by atoms with Gasteiger partial charge in [-0.3, -0.25) is 4.79 Å². The molecule has 1 amide bonds. The molecule has 0 aliphatic carbocycles. The highest BCUT2D eigenvalue weighted by molar-refractivity contribution is 7.09. The van der Waals surface area contributed by atoms with Crippen molar-refractivity contribution in [1.82, 2.24) is 15.6 Å². The third-order valence-electron chi connectivity index (χ3n) is 3.21. The number of morpholine rings is 1. The fourth-order valence-electron chi connectivity index (χ4n) is 2.12. The van der Waals surface area contributed by atoms with Crippen LogP contribution in [0.1, 0.15) is 31.0 Å². The zero-order valence-electron chi connectivity index (χ0n) is 12.7. The van der Waals surface area contributed by atoms with E-state index in [4.69, 9.17) is 4.74 Å². The van der Waals surface area contributed by atoms with Crippen LogP contribution >= 0.6 is 23.7 Å². The van der Waals surface area contributed by atoms with Gasteiger partial charge >= 0.3 is 6.18 Å². The Morgan fingerprint density at radius 1 is 1.52 bits per heavy atom. The number of hydrogen-bond acceptors (Lipinski definition) is 5. The summed E-state index contributed by atoms with van der Waals surface area (Å²) < 4.78 is 43.0. The normalized spacial score (nSPS) is 19.1. The third-order valence-corrected chi connectivity index (χ3v) is 4.38. The molecule has 2 N–H and O–H groups in total. The molecule has 1 aromatic heterocycles. The molecule has 1 aliphatic rings. The summed E-state index contributed by atoms with van der Waals surface area (Å²) in [7, 11) is 0. The number of alkyl halides is 3. The van der Waals surface area contributed by atoms with Gasteiger partial charge in [0.25, 0.3) is 0 Å². The van der Waals surface area contributed by atoms with Gasteiger partial charge in [-0.1, -0.05) is 0 Å². The van der Waals surface area contributed by atoms with E-state index in [1.54, 1.807) is 13.8 Å². The number of halogens is 4. The minimum Gasteiger partial charge on any atom is -0.378 e. The van der Waals surface area contributed by atoms with Crippen LogP contribution in [0.3, 0.4) is 0 Å². The summed E-state index contributed by atoms with van der Waals surface area (Å²) in [6, 6.07) is -0.0772. The van der Waals surface area contributed by atoms with Gasteiger partial charge in [0, 0.05) is 24.4 Å². The zero-order valence-corrected chi connectivity index (χ0v) is 14.3. The van der Waals surface area contributed by atoms with Crippen LogP contribution in [0.25, 0.3) is 0 Å². The van der Waals surface area contributed by atoms with Gasteiger partial charge in [0.1, 0.15) is 5.01 Å². The summed E-state index contributed by atoms with van der Waals surface area (Å²) in [5.74, 6) is -0.253. The number of ether oxygens (including phenoxy) is 1. The van der Waals surface area contributed by atoms with Gasteiger partial charge in [-0.15, -0.1) is 23.7 Å². The van der Waals surface area contributed by atoms with Crippen molar-refractivity contribution in [2.45, 2.75) is 38.0 Å². The van der Waals surface area contributed by atoms with Crippen molar-refractivity contribution in [3.8, 4) is 0 Å². The Balaban J connectivity index is 0.00000264. The van der Waals surface area contributed by atoms with Gasteiger partial charge in [-0.05, 0) is 13.8 Å². The topological polar surface area (TPSA) is 63.2 Å². The van der Waals surface area contributed by atoms with Crippen LogP contribution in [-0.4, -0.2) is 36.7 Å². The van der Waals surface area contributed by atoms with Gasteiger partial charge in [-0.2, -0.15) is 13.2 Å². The summed E-state index contributed by atoms with van der Waals surface area (Å²) in [4.78, 5) is 15.6. The molecule has 0 radical (unpaired) electrons. The van der Waals surface area contributed by atoms with E-state index in [9.17, 15) is 18.0 Å². The van der Waals surface area contributed by atoms with Gasteiger partial charge in [0.2, 0.25) is 5.91 Å². The molecule has 2 rings (SSSR count). The van der Waals surface area contributed by atoms with Crippen LogP contribution in [0.4, 0.5) is 13.2 Å². The molecular formula is C13H19ClF3N3O2S. The lowest BCUT2D eigenvalue weighted by Crippen LogP contribution is -2.47. The average molecular weight is 374 g/mol. The van der Waals surface area contributed by atoms with Gasteiger partial charge in [0.15, 0.2) is 5.69 Å². The first-order valence-corrected chi connectivity index (χ1v) is 7.72. The van der Waals surface area contributed by atoms with Gasteiger partial charge in [-0.25, -0.2) is 4.98 Å². The second-order valence-corrected chi connectivity index (χ2v) is 6.50. The van der Waals surface area contributed by atoms with Crippen LogP contribution in [0.5, 0.6) is 0 Å². The van der Waals surface area contributed by atoms with Crippen molar-refractivity contribution in [3.05, 3.63) is 16.1 Å². The van der Waals surface area contributed by atoms with E-state index in [1.807, 2.05) is 0 Å². The second-order valence-electron chi connectivity index (χ2n) is 5.64. The highest BCUT2D eigenvalue weighted by Crippen LogP contribution is 2.33. The van der Waals surface area contributed by atoms with Crippen molar-refractivity contribution in [2.75, 3.05) is 19.8 Å². The number of amides is 1. The van der Waals surface area contributed by atoms with E-state index >= 15 is 0 Å². The predicted molar refractivity (Wildman–Crippen MR) is 82.8 cm³/mol. The van der Waals surface area contributed by atoms with E-state index in [1.165, 1.54) is 0 Å². The molecule has 0 saturated carbocycles. The molecule has 0 aromatic carbocycles. The Bertz CT molecular complexity index is 531. The first kappa shape index (κ1) is 20.1. The minimum absolute atomic E-state index is 0. The molecule has 0 spiro atoms. The fourth-order valence-corrected chi connectivity index (χ4v) is 3.02. The van der Waals surface area contributed by atoms with Crippen molar-refractivity contribution in [3.63, 3.8) is 0 Å². The molecular weight excluding hydrogens is 355 g/mol. The van der Waals surface area contributed by atoms with E-state index in [2.05, 4.69) is 15.6 Å². The van der Waals surface area contributed by atoms with E-state index < -0.39 is 17.4 Å². The zero-order chi connectivity index (χ0) is 16.4. The number of hydrogen-bond donors (Lipinski definition) is 2. The van der Waals surface area contributed by atoms with E-state index in [-0.39, 0.29) is 35.8 Å². The monoisotopic (exact) mass is 373 g/mol. The number of nitrogens with one attached hydrogen (secondary N) is 2. The average Bonchev–Trinajstić information content (AvgIpc) is 2.89. The number of nitrogens with zero attached hydrogens (tertiary/aromatic N) is 1. The lowest BCUT2D eigenvalue weighted by atomic mass is 10.1. The molecule has 132 valence electrons. The van der Waals surface area contributed by atoms with E-state index in [0.717, 1.165) is 16.7 Å². The minimum atomic E-state index is -4.47. The van der Waals surface area contributed by atoms with Crippen LogP contribution in [0.2, 0.25) is 0 Å². The maximum Gasteiger partial charge on any atom is 0.434 e. The maximum atomic E-state index is 12.6. The number of rotatable bonds is 4. The molecule has 1 atom stereocenters. The molecule has 2 heterocycles. The third kappa shape index (κ3) is 5.59. The smallest absolute Gasteiger partial charge is 0.378 e. The summed E-state index contributed by atoms with van der Waals surface area (Å²) in [5.41, 5.74) is -1.89. The Hall–Kier alpha value is -0.900. The molecule has 0 bridgehead atoms. The van der Waals surface area contributed by atoms with Crippen LogP contribution in [-0.2, 0) is 21.2 Å². The lowest BCUT2D eigenvalue weighted by molar-refractivity contribution is -0.140. The first-order valence-electron chi connectivity index (χ1n) is 6.84. The Morgan fingerprint density at radius 2 is 2.22 bits per heavy atom. The van der Waals surface area contributed by atoms with Gasteiger partial charge < -0.3 is 15.4 Å². The number of aromatic nitrogens is 1. The van der Waals surface area contributed by atoms with Crippen molar-refractivity contribution >= 4 is 29.7 Å². The summed E-state index contributed by atoms with van der Waals surface area (Å²) in [6.45, 7) is 5.01. The fraction of sp³-hybridized carbons (Fsp3) is 0.692. The maximum absolute atomic E-state index is 12.6. The molecule has 23 heavy (non-hydrogen) atoms. The number of carbonyl (C=O) groups excluding carboxylic acids is 1. The molecule has 1 fully saturated rings. The molecule has 1 aromatic rings. The Labute approximate surface area is 142 Å². The van der Waals surface area contributed by atoms with Crippen LogP contribution < -0.4 is 10.6 Å². The largest absolute Gasteiger partial charge is 0.434 e. The van der Waals surface area contributed by atoms with Crippen molar-refractivity contribution < 1.29 is 22.7 Å². The molecule has 10 heteroatoms. The Morgan fingerprint density at radius 3 is 2.74 bits per heavy atom. The van der Waals surface area contributed by atoms with Crippen molar-refractivity contribution in [2.24, 2.45) is 0 Å². The summed E-state index contributed by atoms with van der Waals surface area (Å²) in [5, 5.41) is 7.06. The SMILES string of the molecule is CC(C)(NC(=O)CC1COCCN1)c1nc(C(F)(F)F)cs1.Cl. The van der Waals surface area contributed by atoms with Crippen LogP contribution in [0.15, 0.2) is 5.38 Å². The molecule has 5 nitrogen and oxygen atoms in total. The standard InChI is InChI=1S/C13H18F3N3O2S.ClH/c1-12(2,11-18-9(7-22-11)13(14,15)16)19-10(20)5-8-6-21-4-3-17-8;/h7-8,17H,3-6H2,1-2H3,(H,19,20);1H. The molecule has 1 saturated heterocycles. The van der Waals surface area contributed by atoms with Crippen molar-refractivity contribution in [1.29, 1.82) is 0 Å². The first-order chi connectivity index (χ1) is 10.2. The van der Waals surface area contributed by atoms with Crippen LogP contribution in [0, 0.1) is 0 Å². The molecule has 1 aliphatic heterocycles. The Kier molecular flexibility index (Phi) is 6.81. The second kappa shape index (κ2) is 7.78. The predicted octanol–water partition coefficient (Wildman–Crippen LogP) is 2.31. The quantitative estimate of drug-likeness (QED) is 0.850. The molecule has 1 unspecified atom stereocenters. The lowest BCUT2D eigenvalue weighted by Gasteiger charge is -2.27. The summed E-state index contributed by atoms with van der Waals surface area (Å²) >= 11 is 0.885. The number of thiazole rings is 1. The highest BCUT2D eigenvalue weighted by atomic mass is 35.5.